The van der Waals surface area contributed by atoms with E-state index in [1.54, 1.807) is 19.1 Å². The van der Waals surface area contributed by atoms with Crippen LogP contribution in [0.3, 0.4) is 0 Å². The van der Waals surface area contributed by atoms with Gasteiger partial charge >= 0.3 is 0 Å². The molecular weight excluding hydrogens is 427 g/mol. The predicted molar refractivity (Wildman–Crippen MR) is 117 cm³/mol. The van der Waals surface area contributed by atoms with Crippen LogP contribution < -0.4 is 10.0 Å². The maximum Gasteiger partial charge on any atom is 0.262 e. The van der Waals surface area contributed by atoms with E-state index in [1.807, 2.05) is 26.0 Å². The molecule has 0 aliphatic heterocycles. The summed E-state index contributed by atoms with van der Waals surface area (Å²) in [5.41, 5.74) is 3.11. The van der Waals surface area contributed by atoms with Gasteiger partial charge in [-0.05, 0) is 73.9 Å². The molecule has 3 aromatic rings. The summed E-state index contributed by atoms with van der Waals surface area (Å²) in [6.45, 7) is 5.33. The molecule has 5 nitrogen and oxygen atoms in total. The lowest BCUT2D eigenvalue weighted by Gasteiger charge is -2.14. The maximum atomic E-state index is 13.3. The highest BCUT2D eigenvalue weighted by Gasteiger charge is 2.20. The lowest BCUT2D eigenvalue weighted by molar-refractivity contribution is 0.102. The number of carbonyl (C=O) groups is 1. The third-order valence-corrected chi connectivity index (χ3v) is 6.35. The van der Waals surface area contributed by atoms with E-state index >= 15 is 0 Å². The van der Waals surface area contributed by atoms with Crippen molar-refractivity contribution in [3.63, 3.8) is 0 Å². The van der Waals surface area contributed by atoms with Crippen molar-refractivity contribution in [2.45, 2.75) is 25.7 Å². The fraction of sp³-hybridized carbons (Fsp3) is 0.136. The number of aryl methyl sites for hydroxylation is 3. The van der Waals surface area contributed by atoms with Crippen molar-refractivity contribution < 1.29 is 17.6 Å². The van der Waals surface area contributed by atoms with Crippen LogP contribution >= 0.6 is 11.6 Å². The Morgan fingerprint density at radius 2 is 1.63 bits per heavy atom. The molecule has 3 rings (SSSR count). The summed E-state index contributed by atoms with van der Waals surface area (Å²) in [6.07, 6.45) is 0. The Bertz CT molecular complexity index is 1240. The summed E-state index contributed by atoms with van der Waals surface area (Å²) in [6, 6.07) is 13.6. The lowest BCUT2D eigenvalue weighted by atomic mass is 10.1. The van der Waals surface area contributed by atoms with Gasteiger partial charge in [-0.2, -0.15) is 0 Å². The van der Waals surface area contributed by atoms with Crippen LogP contribution in [0, 0.1) is 26.6 Å². The van der Waals surface area contributed by atoms with Crippen LogP contribution in [0.15, 0.2) is 59.5 Å². The Kier molecular flexibility index (Phi) is 6.14. The second kappa shape index (κ2) is 8.45. The fourth-order valence-electron chi connectivity index (χ4n) is 2.85. The third kappa shape index (κ3) is 4.80. The summed E-state index contributed by atoms with van der Waals surface area (Å²) in [7, 11) is -3.93. The van der Waals surface area contributed by atoms with Crippen molar-refractivity contribution >= 4 is 38.9 Å². The Balaban J connectivity index is 1.91. The van der Waals surface area contributed by atoms with Gasteiger partial charge in [0.2, 0.25) is 0 Å². The minimum atomic E-state index is -3.93. The molecule has 0 atom stereocenters. The number of sulfonamides is 1. The normalized spacial score (nSPS) is 11.2. The van der Waals surface area contributed by atoms with E-state index in [0.29, 0.717) is 16.9 Å². The number of anilines is 2. The maximum absolute atomic E-state index is 13.3. The molecule has 0 bridgehead atoms. The molecule has 0 heterocycles. The van der Waals surface area contributed by atoms with Gasteiger partial charge in [-0.15, -0.1) is 0 Å². The van der Waals surface area contributed by atoms with Crippen LogP contribution in [0.5, 0.6) is 0 Å². The standard InChI is InChI=1S/C22H20ClFN2O3S/c1-13-4-5-14(2)20(10-13)26-30(28,29)21-11-16(7-6-15(21)3)22(27)25-17-8-9-19(24)18(23)12-17/h4-12,26H,1-3H3,(H,25,27). The molecule has 2 N–H and O–H groups in total. The first kappa shape index (κ1) is 21.8. The molecule has 0 spiro atoms. The number of amides is 1. The lowest BCUT2D eigenvalue weighted by Crippen LogP contribution is -2.17. The van der Waals surface area contributed by atoms with Crippen LogP contribution in [0.25, 0.3) is 0 Å². The van der Waals surface area contributed by atoms with Gasteiger partial charge in [-0.3, -0.25) is 9.52 Å². The summed E-state index contributed by atoms with van der Waals surface area (Å²) in [5.74, 6) is -1.14. The smallest absolute Gasteiger partial charge is 0.262 e. The molecule has 1 amide bonds. The average molecular weight is 447 g/mol. The highest BCUT2D eigenvalue weighted by molar-refractivity contribution is 7.92. The van der Waals surface area contributed by atoms with E-state index in [0.717, 1.165) is 17.2 Å². The second-order valence-electron chi connectivity index (χ2n) is 6.99. The number of carbonyl (C=O) groups excluding carboxylic acids is 1. The van der Waals surface area contributed by atoms with Gasteiger partial charge < -0.3 is 5.32 Å². The van der Waals surface area contributed by atoms with E-state index < -0.39 is 21.7 Å². The van der Waals surface area contributed by atoms with Crippen molar-refractivity contribution in [2.75, 3.05) is 10.0 Å². The molecule has 0 saturated heterocycles. The molecular formula is C22H20ClFN2O3S. The molecule has 0 fully saturated rings. The highest BCUT2D eigenvalue weighted by atomic mass is 35.5. The SMILES string of the molecule is Cc1ccc(C)c(NS(=O)(=O)c2cc(C(=O)Nc3ccc(F)c(Cl)c3)ccc2C)c1. The van der Waals surface area contributed by atoms with E-state index in [-0.39, 0.29) is 15.5 Å². The number of hydrogen-bond acceptors (Lipinski definition) is 3. The Morgan fingerprint density at radius 1 is 0.933 bits per heavy atom. The van der Waals surface area contributed by atoms with Crippen molar-refractivity contribution in [1.82, 2.24) is 0 Å². The van der Waals surface area contributed by atoms with Crippen molar-refractivity contribution in [2.24, 2.45) is 0 Å². The fourth-order valence-corrected chi connectivity index (χ4v) is 4.43. The molecule has 156 valence electrons. The monoisotopic (exact) mass is 446 g/mol. The first-order chi connectivity index (χ1) is 14.1. The first-order valence-corrected chi connectivity index (χ1v) is 10.9. The zero-order chi connectivity index (χ0) is 22.1. The molecule has 0 saturated carbocycles. The molecule has 30 heavy (non-hydrogen) atoms. The topological polar surface area (TPSA) is 75.3 Å². The minimum Gasteiger partial charge on any atom is -0.322 e. The second-order valence-corrected chi connectivity index (χ2v) is 9.05. The van der Waals surface area contributed by atoms with Crippen LogP contribution in [0.4, 0.5) is 15.8 Å². The van der Waals surface area contributed by atoms with E-state index in [2.05, 4.69) is 10.0 Å². The summed E-state index contributed by atoms with van der Waals surface area (Å²) >= 11 is 5.74. The van der Waals surface area contributed by atoms with Crippen molar-refractivity contribution in [3.8, 4) is 0 Å². The Labute approximate surface area is 179 Å². The van der Waals surface area contributed by atoms with Crippen LogP contribution in [-0.2, 0) is 10.0 Å². The Morgan fingerprint density at radius 3 is 2.33 bits per heavy atom. The highest BCUT2D eigenvalue weighted by Crippen LogP contribution is 2.25. The number of benzene rings is 3. The van der Waals surface area contributed by atoms with Gasteiger partial charge in [0, 0.05) is 11.3 Å². The Hall–Kier alpha value is -2.90. The number of halogens is 2. The first-order valence-electron chi connectivity index (χ1n) is 9.04. The van der Waals surface area contributed by atoms with E-state index in [9.17, 15) is 17.6 Å². The van der Waals surface area contributed by atoms with E-state index in [4.69, 9.17) is 11.6 Å². The molecule has 0 radical (unpaired) electrons. The molecule has 0 aliphatic carbocycles. The number of nitrogens with one attached hydrogen (secondary N) is 2. The van der Waals surface area contributed by atoms with Gasteiger partial charge in [-0.1, -0.05) is 29.8 Å². The number of rotatable bonds is 5. The van der Waals surface area contributed by atoms with Crippen molar-refractivity contribution in [1.29, 1.82) is 0 Å². The van der Waals surface area contributed by atoms with Gasteiger partial charge in [0.25, 0.3) is 15.9 Å². The largest absolute Gasteiger partial charge is 0.322 e. The zero-order valence-corrected chi connectivity index (χ0v) is 18.2. The molecule has 0 aliphatic rings. The summed E-state index contributed by atoms with van der Waals surface area (Å²) in [5, 5.41) is 2.46. The number of hydrogen-bond donors (Lipinski definition) is 2. The molecule has 8 heteroatoms. The quantitative estimate of drug-likeness (QED) is 0.546. The molecule has 3 aromatic carbocycles. The van der Waals surface area contributed by atoms with Crippen molar-refractivity contribution in [3.05, 3.63) is 87.7 Å². The predicted octanol–water partition coefficient (Wildman–Crippen LogP) is 5.46. The molecule has 0 unspecified atom stereocenters. The van der Waals surface area contributed by atoms with Gasteiger partial charge in [-0.25, -0.2) is 12.8 Å². The van der Waals surface area contributed by atoms with Gasteiger partial charge in [0.05, 0.1) is 15.6 Å². The average Bonchev–Trinajstić information content (AvgIpc) is 2.67. The minimum absolute atomic E-state index is 0.00630. The third-order valence-electron chi connectivity index (χ3n) is 4.55. The zero-order valence-electron chi connectivity index (χ0n) is 16.6. The van der Waals surface area contributed by atoms with Gasteiger partial charge in [0.1, 0.15) is 5.82 Å². The summed E-state index contributed by atoms with van der Waals surface area (Å²) in [4.78, 5) is 12.6. The summed E-state index contributed by atoms with van der Waals surface area (Å²) < 4.78 is 41.9. The van der Waals surface area contributed by atoms with Crippen LogP contribution in [0.2, 0.25) is 5.02 Å². The van der Waals surface area contributed by atoms with Crippen LogP contribution in [0.1, 0.15) is 27.0 Å². The van der Waals surface area contributed by atoms with Crippen LogP contribution in [-0.4, -0.2) is 14.3 Å². The molecule has 0 aromatic heterocycles. The van der Waals surface area contributed by atoms with E-state index in [1.165, 1.54) is 24.3 Å². The van der Waals surface area contributed by atoms with Gasteiger partial charge in [0.15, 0.2) is 0 Å².